The van der Waals surface area contributed by atoms with Gasteiger partial charge in [-0.1, -0.05) is 24.3 Å². The molecule has 2 unspecified atom stereocenters. The van der Waals surface area contributed by atoms with E-state index in [1.165, 1.54) is 24.3 Å². The molecule has 25 heavy (non-hydrogen) atoms. The number of fused-ring (bicyclic) bond motifs is 1. The lowest BCUT2D eigenvalue weighted by molar-refractivity contribution is 0.0592. The number of urea groups is 1. The SMILES string of the molecule is CC(O)(CNC(=O)NC1Cc2cccc(O)c2C1)c1ccc(F)cc1. The van der Waals surface area contributed by atoms with Crippen molar-refractivity contribution in [2.45, 2.75) is 31.4 Å². The Morgan fingerprint density at radius 2 is 1.96 bits per heavy atom. The van der Waals surface area contributed by atoms with Gasteiger partial charge in [0.2, 0.25) is 0 Å². The molecule has 132 valence electrons. The Balaban J connectivity index is 1.53. The number of aromatic hydroxyl groups is 1. The number of carbonyl (C=O) groups excluding carboxylic acids is 1. The normalized spacial score (nSPS) is 18.3. The first-order chi connectivity index (χ1) is 11.8. The van der Waals surface area contributed by atoms with E-state index in [-0.39, 0.29) is 30.2 Å². The third-order valence-electron chi connectivity index (χ3n) is 4.56. The van der Waals surface area contributed by atoms with Gasteiger partial charge in [0.15, 0.2) is 0 Å². The van der Waals surface area contributed by atoms with Gasteiger partial charge in [-0.15, -0.1) is 0 Å². The Morgan fingerprint density at radius 3 is 2.64 bits per heavy atom. The van der Waals surface area contributed by atoms with Crippen LogP contribution in [0.1, 0.15) is 23.6 Å². The molecule has 0 aromatic heterocycles. The van der Waals surface area contributed by atoms with Crippen molar-refractivity contribution in [2.75, 3.05) is 6.54 Å². The molecule has 4 N–H and O–H groups in total. The molecule has 0 bridgehead atoms. The average Bonchev–Trinajstić information content (AvgIpc) is 2.97. The van der Waals surface area contributed by atoms with E-state index >= 15 is 0 Å². The van der Waals surface area contributed by atoms with Gasteiger partial charge in [-0.3, -0.25) is 0 Å². The van der Waals surface area contributed by atoms with E-state index in [0.717, 1.165) is 11.1 Å². The minimum atomic E-state index is -1.30. The molecule has 0 saturated heterocycles. The number of nitrogens with one attached hydrogen (secondary N) is 2. The van der Waals surface area contributed by atoms with Gasteiger partial charge in [-0.25, -0.2) is 9.18 Å². The fourth-order valence-electron chi connectivity index (χ4n) is 3.13. The zero-order chi connectivity index (χ0) is 18.0. The summed E-state index contributed by atoms with van der Waals surface area (Å²) in [6.45, 7) is 1.55. The molecule has 3 rings (SSSR count). The summed E-state index contributed by atoms with van der Waals surface area (Å²) in [5, 5.41) is 25.8. The molecule has 2 aromatic rings. The zero-order valence-electron chi connectivity index (χ0n) is 13.9. The molecule has 5 nitrogen and oxygen atoms in total. The summed E-state index contributed by atoms with van der Waals surface area (Å²) >= 11 is 0. The molecule has 2 atom stereocenters. The van der Waals surface area contributed by atoms with Crippen molar-refractivity contribution >= 4 is 6.03 Å². The van der Waals surface area contributed by atoms with Crippen molar-refractivity contribution in [1.29, 1.82) is 0 Å². The third-order valence-corrected chi connectivity index (χ3v) is 4.56. The van der Waals surface area contributed by atoms with Crippen LogP contribution in [0, 0.1) is 5.82 Å². The van der Waals surface area contributed by atoms with Gasteiger partial charge < -0.3 is 20.8 Å². The van der Waals surface area contributed by atoms with E-state index in [9.17, 15) is 19.4 Å². The van der Waals surface area contributed by atoms with Crippen LogP contribution in [0.2, 0.25) is 0 Å². The van der Waals surface area contributed by atoms with Crippen LogP contribution < -0.4 is 10.6 Å². The number of phenols is 1. The lowest BCUT2D eigenvalue weighted by Gasteiger charge is -2.25. The standard InChI is InChI=1S/C19H21FN2O3/c1-19(25,13-5-7-14(20)8-6-13)11-21-18(24)22-15-9-12-3-2-4-17(23)16(12)10-15/h2-8,15,23,25H,9-11H2,1H3,(H2,21,22,24). The third kappa shape index (κ3) is 3.91. The Bertz CT molecular complexity index is 775. The highest BCUT2D eigenvalue weighted by molar-refractivity contribution is 5.74. The van der Waals surface area contributed by atoms with E-state index in [0.29, 0.717) is 18.4 Å². The number of hydrogen-bond donors (Lipinski definition) is 4. The minimum Gasteiger partial charge on any atom is -0.508 e. The van der Waals surface area contributed by atoms with E-state index in [4.69, 9.17) is 0 Å². The average molecular weight is 344 g/mol. The van der Waals surface area contributed by atoms with Crippen molar-refractivity contribution in [3.05, 3.63) is 65.0 Å². The summed E-state index contributed by atoms with van der Waals surface area (Å²) in [7, 11) is 0. The van der Waals surface area contributed by atoms with Crippen LogP contribution in [0.15, 0.2) is 42.5 Å². The van der Waals surface area contributed by atoms with Crippen molar-refractivity contribution < 1.29 is 19.4 Å². The Labute approximate surface area is 145 Å². The van der Waals surface area contributed by atoms with E-state index in [1.54, 1.807) is 19.1 Å². The molecule has 2 aromatic carbocycles. The smallest absolute Gasteiger partial charge is 0.315 e. The van der Waals surface area contributed by atoms with Gasteiger partial charge in [0.1, 0.15) is 17.2 Å². The topological polar surface area (TPSA) is 81.6 Å². The van der Waals surface area contributed by atoms with Crippen LogP contribution in [0.25, 0.3) is 0 Å². The summed E-state index contributed by atoms with van der Waals surface area (Å²) in [5.74, 6) is -0.129. The highest BCUT2D eigenvalue weighted by Crippen LogP contribution is 2.29. The van der Waals surface area contributed by atoms with Crippen LogP contribution in [0.5, 0.6) is 5.75 Å². The van der Waals surface area contributed by atoms with Gasteiger partial charge in [-0.2, -0.15) is 0 Å². The molecule has 0 spiro atoms. The Hall–Kier alpha value is -2.60. The molecule has 0 fully saturated rings. The summed E-state index contributed by atoms with van der Waals surface area (Å²) in [5.41, 5.74) is 1.11. The largest absolute Gasteiger partial charge is 0.508 e. The summed E-state index contributed by atoms with van der Waals surface area (Å²) < 4.78 is 13.0. The van der Waals surface area contributed by atoms with Crippen LogP contribution in [0.3, 0.4) is 0 Å². The monoisotopic (exact) mass is 344 g/mol. The molecule has 0 radical (unpaired) electrons. The van der Waals surface area contributed by atoms with Gasteiger partial charge in [0.25, 0.3) is 0 Å². The molecule has 0 aliphatic heterocycles. The second kappa shape index (κ2) is 6.72. The first-order valence-corrected chi connectivity index (χ1v) is 8.18. The predicted molar refractivity (Wildman–Crippen MR) is 91.8 cm³/mol. The highest BCUT2D eigenvalue weighted by Gasteiger charge is 2.27. The number of halogens is 1. The van der Waals surface area contributed by atoms with Crippen molar-refractivity contribution in [3.8, 4) is 5.75 Å². The summed E-state index contributed by atoms with van der Waals surface area (Å²) in [6, 6.07) is 10.4. The Morgan fingerprint density at radius 1 is 1.24 bits per heavy atom. The van der Waals surface area contributed by atoms with Crippen molar-refractivity contribution in [1.82, 2.24) is 10.6 Å². The number of hydrogen-bond acceptors (Lipinski definition) is 3. The van der Waals surface area contributed by atoms with E-state index in [1.807, 2.05) is 6.07 Å². The van der Waals surface area contributed by atoms with E-state index in [2.05, 4.69) is 10.6 Å². The molecule has 2 amide bonds. The van der Waals surface area contributed by atoms with E-state index < -0.39 is 5.60 Å². The maximum Gasteiger partial charge on any atom is 0.315 e. The number of carbonyl (C=O) groups is 1. The van der Waals surface area contributed by atoms with Crippen LogP contribution in [-0.4, -0.2) is 28.8 Å². The number of phenolic OH excluding ortho intramolecular Hbond substituents is 1. The number of benzene rings is 2. The maximum atomic E-state index is 13.0. The molecule has 1 aliphatic carbocycles. The lowest BCUT2D eigenvalue weighted by atomic mass is 9.96. The number of rotatable bonds is 4. The summed E-state index contributed by atoms with van der Waals surface area (Å²) in [4.78, 5) is 12.1. The first-order valence-electron chi connectivity index (χ1n) is 8.18. The maximum absolute atomic E-state index is 13.0. The molecule has 0 heterocycles. The molecule has 1 aliphatic rings. The fraction of sp³-hybridized carbons (Fsp3) is 0.316. The highest BCUT2D eigenvalue weighted by atomic mass is 19.1. The van der Waals surface area contributed by atoms with Crippen molar-refractivity contribution in [3.63, 3.8) is 0 Å². The molecular formula is C19H21FN2O3. The van der Waals surface area contributed by atoms with Gasteiger partial charge >= 0.3 is 6.03 Å². The zero-order valence-corrected chi connectivity index (χ0v) is 13.9. The Kier molecular flexibility index (Phi) is 4.63. The predicted octanol–water partition coefficient (Wildman–Crippen LogP) is 2.21. The fourth-order valence-corrected chi connectivity index (χ4v) is 3.13. The van der Waals surface area contributed by atoms with Crippen LogP contribution in [-0.2, 0) is 18.4 Å². The molecule has 6 heteroatoms. The lowest BCUT2D eigenvalue weighted by Crippen LogP contribution is -2.47. The quantitative estimate of drug-likeness (QED) is 0.686. The van der Waals surface area contributed by atoms with Gasteiger partial charge in [0.05, 0.1) is 6.54 Å². The molecular weight excluding hydrogens is 323 g/mol. The first kappa shape index (κ1) is 17.2. The van der Waals surface area contributed by atoms with Crippen LogP contribution >= 0.6 is 0 Å². The minimum absolute atomic E-state index is 0.00458. The van der Waals surface area contributed by atoms with Gasteiger partial charge in [-0.05, 0) is 54.7 Å². The summed E-state index contributed by atoms with van der Waals surface area (Å²) in [6.07, 6.45) is 1.23. The van der Waals surface area contributed by atoms with Crippen molar-refractivity contribution in [2.24, 2.45) is 0 Å². The number of aliphatic hydroxyl groups is 1. The molecule has 0 saturated carbocycles. The van der Waals surface area contributed by atoms with Gasteiger partial charge in [0, 0.05) is 6.04 Å². The van der Waals surface area contributed by atoms with Crippen LogP contribution in [0.4, 0.5) is 9.18 Å². The second-order valence-corrected chi connectivity index (χ2v) is 6.63. The second-order valence-electron chi connectivity index (χ2n) is 6.63. The number of amides is 2.